The number of benzene rings is 1. The number of nitrogens with zero attached hydrogens (tertiary/aromatic N) is 3. The van der Waals surface area contributed by atoms with E-state index >= 15 is 0 Å². The second-order valence-corrected chi connectivity index (χ2v) is 5.44. The molecule has 108 valence electrons. The summed E-state index contributed by atoms with van der Waals surface area (Å²) in [6, 6.07) is 8.22. The molecular formula is C14H19BrN4O. The molecule has 0 amide bonds. The third-order valence-electron chi connectivity index (χ3n) is 3.17. The third-order valence-corrected chi connectivity index (χ3v) is 3.73. The third kappa shape index (κ3) is 3.58. The van der Waals surface area contributed by atoms with E-state index in [1.165, 1.54) is 5.56 Å². The first-order valence-electron chi connectivity index (χ1n) is 6.53. The smallest absolute Gasteiger partial charge is 0.153 e. The zero-order chi connectivity index (χ0) is 14.5. The van der Waals surface area contributed by atoms with Gasteiger partial charge in [0.15, 0.2) is 4.60 Å². The van der Waals surface area contributed by atoms with Crippen LogP contribution < -0.4 is 10.1 Å². The minimum absolute atomic E-state index is 0.147. The summed E-state index contributed by atoms with van der Waals surface area (Å²) in [7, 11) is 3.82. The van der Waals surface area contributed by atoms with Crippen molar-refractivity contribution in [2.24, 2.45) is 7.05 Å². The Balaban J connectivity index is 1.95. The molecule has 2 rings (SSSR count). The molecule has 1 unspecified atom stereocenters. The van der Waals surface area contributed by atoms with Gasteiger partial charge in [0.05, 0.1) is 18.3 Å². The molecule has 5 nitrogen and oxygen atoms in total. The zero-order valence-electron chi connectivity index (χ0n) is 11.9. The van der Waals surface area contributed by atoms with E-state index in [4.69, 9.17) is 4.74 Å². The molecule has 0 aliphatic carbocycles. The van der Waals surface area contributed by atoms with Crippen molar-refractivity contribution in [2.75, 3.05) is 13.7 Å². The summed E-state index contributed by atoms with van der Waals surface area (Å²) in [5.74, 6) is 0.905. The Morgan fingerprint density at radius 2 is 2.25 bits per heavy atom. The number of nitrogens with one attached hydrogen (secondary N) is 1. The molecule has 0 fully saturated rings. The monoisotopic (exact) mass is 338 g/mol. The van der Waals surface area contributed by atoms with Crippen molar-refractivity contribution in [3.63, 3.8) is 0 Å². The van der Waals surface area contributed by atoms with Crippen molar-refractivity contribution in [3.05, 3.63) is 40.1 Å². The number of ether oxygens (including phenoxy) is 1. The van der Waals surface area contributed by atoms with Gasteiger partial charge < -0.3 is 10.1 Å². The fourth-order valence-corrected chi connectivity index (χ4v) is 2.73. The summed E-state index contributed by atoms with van der Waals surface area (Å²) in [4.78, 5) is 0. The van der Waals surface area contributed by atoms with Crippen LogP contribution in [-0.4, -0.2) is 28.6 Å². The molecule has 2 aromatic rings. The summed E-state index contributed by atoms with van der Waals surface area (Å²) in [6.07, 6.45) is 0.838. The van der Waals surface area contributed by atoms with Gasteiger partial charge in [-0.15, -0.1) is 5.10 Å². The van der Waals surface area contributed by atoms with E-state index in [0.717, 1.165) is 22.5 Å². The van der Waals surface area contributed by atoms with Crippen LogP contribution in [0.1, 0.15) is 23.7 Å². The van der Waals surface area contributed by atoms with Gasteiger partial charge >= 0.3 is 0 Å². The molecule has 20 heavy (non-hydrogen) atoms. The quantitative estimate of drug-likeness (QED) is 0.879. The number of aryl methyl sites for hydroxylation is 2. The molecule has 0 saturated carbocycles. The average molecular weight is 339 g/mol. The first-order valence-corrected chi connectivity index (χ1v) is 7.33. The normalized spacial score (nSPS) is 12.4. The maximum Gasteiger partial charge on any atom is 0.153 e. The van der Waals surface area contributed by atoms with E-state index in [1.54, 1.807) is 4.68 Å². The van der Waals surface area contributed by atoms with Crippen molar-refractivity contribution in [3.8, 4) is 5.75 Å². The molecule has 6 heteroatoms. The Bertz CT molecular complexity index is 551. The standard InChI is InChI=1S/C14H19BrN4O/c1-10-5-4-6-11(9-10)20-8-7-12(16-2)13-14(15)17-18-19(13)3/h4-6,9,12,16H,7-8H2,1-3H3. The molecule has 0 saturated heterocycles. The second kappa shape index (κ2) is 6.85. The van der Waals surface area contributed by atoms with Crippen molar-refractivity contribution < 1.29 is 4.74 Å². The lowest BCUT2D eigenvalue weighted by atomic mass is 10.1. The van der Waals surface area contributed by atoms with Gasteiger partial charge in [-0.2, -0.15) is 0 Å². The van der Waals surface area contributed by atoms with Crippen LogP contribution in [0.3, 0.4) is 0 Å². The van der Waals surface area contributed by atoms with Gasteiger partial charge in [0, 0.05) is 13.5 Å². The number of hydrogen-bond donors (Lipinski definition) is 1. The van der Waals surface area contributed by atoms with Crippen LogP contribution in [0.25, 0.3) is 0 Å². The van der Waals surface area contributed by atoms with Crippen LogP contribution in [0.4, 0.5) is 0 Å². The fourth-order valence-electron chi connectivity index (χ4n) is 2.13. The second-order valence-electron chi connectivity index (χ2n) is 4.68. The average Bonchev–Trinajstić information content (AvgIpc) is 2.75. The lowest BCUT2D eigenvalue weighted by Gasteiger charge is -2.17. The topological polar surface area (TPSA) is 52.0 Å². The van der Waals surface area contributed by atoms with Crippen LogP contribution in [0.2, 0.25) is 0 Å². The van der Waals surface area contributed by atoms with E-state index < -0.39 is 0 Å². The molecule has 0 aliphatic rings. The highest BCUT2D eigenvalue weighted by Gasteiger charge is 2.18. The Morgan fingerprint density at radius 1 is 1.45 bits per heavy atom. The molecule has 1 heterocycles. The van der Waals surface area contributed by atoms with E-state index in [-0.39, 0.29) is 6.04 Å². The van der Waals surface area contributed by atoms with E-state index in [9.17, 15) is 0 Å². The van der Waals surface area contributed by atoms with Gasteiger partial charge in [0.1, 0.15) is 5.75 Å². The summed E-state index contributed by atoms with van der Waals surface area (Å²) in [5, 5.41) is 11.3. The Labute approximate surface area is 127 Å². The van der Waals surface area contributed by atoms with Crippen molar-refractivity contribution >= 4 is 15.9 Å². The van der Waals surface area contributed by atoms with E-state index in [1.807, 2.05) is 32.3 Å². The Morgan fingerprint density at radius 3 is 2.85 bits per heavy atom. The maximum absolute atomic E-state index is 5.79. The summed E-state index contributed by atoms with van der Waals surface area (Å²) >= 11 is 3.43. The first kappa shape index (κ1) is 15.0. The minimum Gasteiger partial charge on any atom is -0.494 e. The molecular weight excluding hydrogens is 320 g/mol. The van der Waals surface area contributed by atoms with Crippen molar-refractivity contribution in [1.82, 2.24) is 20.3 Å². The SMILES string of the molecule is CNC(CCOc1cccc(C)c1)c1c(Br)nnn1C. The van der Waals surface area contributed by atoms with Gasteiger partial charge in [0.2, 0.25) is 0 Å². The molecule has 0 aliphatic heterocycles. The molecule has 0 spiro atoms. The lowest BCUT2D eigenvalue weighted by molar-refractivity contribution is 0.286. The molecule has 0 bridgehead atoms. The lowest BCUT2D eigenvalue weighted by Crippen LogP contribution is -2.22. The van der Waals surface area contributed by atoms with Crippen LogP contribution in [0.5, 0.6) is 5.75 Å². The van der Waals surface area contributed by atoms with Crippen molar-refractivity contribution in [1.29, 1.82) is 0 Å². The highest BCUT2D eigenvalue weighted by molar-refractivity contribution is 9.10. The van der Waals surface area contributed by atoms with E-state index in [0.29, 0.717) is 6.61 Å². The zero-order valence-corrected chi connectivity index (χ0v) is 13.5. The number of hydrogen-bond acceptors (Lipinski definition) is 4. The highest BCUT2D eigenvalue weighted by Crippen LogP contribution is 2.23. The predicted molar refractivity (Wildman–Crippen MR) is 81.8 cm³/mol. The van der Waals surface area contributed by atoms with Gasteiger partial charge in [0.25, 0.3) is 0 Å². The molecule has 1 atom stereocenters. The first-order chi connectivity index (χ1) is 9.61. The van der Waals surface area contributed by atoms with Gasteiger partial charge in [-0.1, -0.05) is 17.3 Å². The van der Waals surface area contributed by atoms with Crippen LogP contribution in [0.15, 0.2) is 28.9 Å². The number of aromatic nitrogens is 3. The van der Waals surface area contributed by atoms with Gasteiger partial charge in [-0.3, -0.25) is 0 Å². The molecule has 1 aromatic carbocycles. The predicted octanol–water partition coefficient (Wildman–Crippen LogP) is 2.62. The largest absolute Gasteiger partial charge is 0.494 e. The van der Waals surface area contributed by atoms with E-state index in [2.05, 4.69) is 44.5 Å². The summed E-state index contributed by atoms with van der Waals surface area (Å²) < 4.78 is 8.34. The number of rotatable bonds is 6. The van der Waals surface area contributed by atoms with Gasteiger partial charge in [-0.25, -0.2) is 4.68 Å². The molecule has 0 radical (unpaired) electrons. The van der Waals surface area contributed by atoms with Crippen LogP contribution in [0, 0.1) is 6.92 Å². The highest BCUT2D eigenvalue weighted by atomic mass is 79.9. The number of halogens is 1. The van der Waals surface area contributed by atoms with Crippen LogP contribution >= 0.6 is 15.9 Å². The summed E-state index contributed by atoms with van der Waals surface area (Å²) in [6.45, 7) is 2.69. The molecule has 1 aromatic heterocycles. The van der Waals surface area contributed by atoms with Gasteiger partial charge in [-0.05, 0) is 47.6 Å². The Kier molecular flexibility index (Phi) is 5.14. The fraction of sp³-hybridized carbons (Fsp3) is 0.429. The van der Waals surface area contributed by atoms with Crippen molar-refractivity contribution in [2.45, 2.75) is 19.4 Å². The van der Waals surface area contributed by atoms with Crippen LogP contribution in [-0.2, 0) is 7.05 Å². The maximum atomic E-state index is 5.79. The summed E-state index contributed by atoms with van der Waals surface area (Å²) in [5.41, 5.74) is 2.23. The minimum atomic E-state index is 0.147. The Hall–Kier alpha value is -1.40. The molecule has 1 N–H and O–H groups in total.